The van der Waals surface area contributed by atoms with Crippen LogP contribution in [0.1, 0.15) is 11.1 Å². The number of pyridine rings is 1. The van der Waals surface area contributed by atoms with E-state index in [9.17, 15) is 0 Å². The van der Waals surface area contributed by atoms with Crippen LogP contribution in [-0.2, 0) is 0 Å². The van der Waals surface area contributed by atoms with Crippen LogP contribution in [0.2, 0.25) is 0 Å². The highest BCUT2D eigenvalue weighted by molar-refractivity contribution is 7.99. The molecule has 4 rings (SSSR count). The fourth-order valence-electron chi connectivity index (χ4n) is 3.32. The molecule has 7 heteroatoms. The van der Waals surface area contributed by atoms with Crippen molar-refractivity contribution < 1.29 is 9.47 Å². The van der Waals surface area contributed by atoms with Gasteiger partial charge in [0.2, 0.25) is 0 Å². The van der Waals surface area contributed by atoms with Crippen molar-refractivity contribution in [2.24, 2.45) is 0 Å². The summed E-state index contributed by atoms with van der Waals surface area (Å²) in [5, 5.41) is 9.72. The average Bonchev–Trinajstić information content (AvgIpc) is 3.20. The van der Waals surface area contributed by atoms with E-state index in [4.69, 9.17) is 9.47 Å². The Balaban J connectivity index is 1.54. The molecule has 0 atom stereocenters. The molecule has 0 amide bonds. The van der Waals surface area contributed by atoms with Gasteiger partial charge in [-0.05, 0) is 73.5 Å². The summed E-state index contributed by atoms with van der Waals surface area (Å²) in [5.41, 5.74) is 4.32. The van der Waals surface area contributed by atoms with Crippen LogP contribution in [0.4, 0.5) is 0 Å². The molecular weight excluding hydrogens is 408 g/mol. The lowest BCUT2D eigenvalue weighted by molar-refractivity contribution is 0.343. The first-order valence-electron chi connectivity index (χ1n) is 9.98. The number of ether oxygens (including phenoxy) is 2. The highest BCUT2D eigenvalue weighted by Crippen LogP contribution is 2.28. The van der Waals surface area contributed by atoms with E-state index >= 15 is 0 Å². The molecule has 0 aliphatic rings. The van der Waals surface area contributed by atoms with E-state index in [1.54, 1.807) is 31.3 Å². The average molecular weight is 433 g/mol. The van der Waals surface area contributed by atoms with Crippen molar-refractivity contribution in [3.8, 4) is 28.6 Å². The van der Waals surface area contributed by atoms with Crippen molar-refractivity contribution in [2.75, 3.05) is 19.5 Å². The largest absolute Gasteiger partial charge is 0.497 e. The third kappa shape index (κ3) is 5.06. The second-order valence-electron chi connectivity index (χ2n) is 7.10. The lowest BCUT2D eigenvalue weighted by atomic mass is 10.1. The SMILES string of the molecule is COc1ccc(-n2c(SCCOc3cc(C)cc(C)c3)nnc2-c2ccncc2)cc1. The van der Waals surface area contributed by atoms with E-state index in [0.717, 1.165) is 39.5 Å². The van der Waals surface area contributed by atoms with Crippen molar-refractivity contribution in [2.45, 2.75) is 19.0 Å². The minimum Gasteiger partial charge on any atom is -0.497 e. The van der Waals surface area contributed by atoms with Gasteiger partial charge in [-0.15, -0.1) is 10.2 Å². The number of aromatic nitrogens is 4. The Morgan fingerprint density at radius 1 is 0.871 bits per heavy atom. The van der Waals surface area contributed by atoms with Gasteiger partial charge in [0.25, 0.3) is 0 Å². The maximum atomic E-state index is 5.95. The molecule has 0 spiro atoms. The number of hydrogen-bond acceptors (Lipinski definition) is 6. The molecule has 0 fully saturated rings. The second kappa shape index (κ2) is 9.66. The fourth-order valence-corrected chi connectivity index (χ4v) is 4.09. The zero-order valence-corrected chi connectivity index (χ0v) is 18.6. The number of aryl methyl sites for hydroxylation is 2. The number of nitrogens with zero attached hydrogens (tertiary/aromatic N) is 4. The molecule has 0 unspecified atom stereocenters. The van der Waals surface area contributed by atoms with Crippen LogP contribution in [-0.4, -0.2) is 39.2 Å². The highest BCUT2D eigenvalue weighted by atomic mass is 32.2. The zero-order chi connectivity index (χ0) is 21.6. The monoisotopic (exact) mass is 432 g/mol. The van der Waals surface area contributed by atoms with Crippen LogP contribution in [0.25, 0.3) is 17.1 Å². The molecule has 0 saturated carbocycles. The Hall–Kier alpha value is -3.32. The van der Waals surface area contributed by atoms with Gasteiger partial charge in [-0.25, -0.2) is 0 Å². The van der Waals surface area contributed by atoms with Gasteiger partial charge in [-0.1, -0.05) is 17.8 Å². The molecule has 2 aromatic heterocycles. The van der Waals surface area contributed by atoms with Gasteiger partial charge < -0.3 is 9.47 Å². The quantitative estimate of drug-likeness (QED) is 0.284. The maximum absolute atomic E-state index is 5.95. The summed E-state index contributed by atoms with van der Waals surface area (Å²) < 4.78 is 13.3. The minimum atomic E-state index is 0.577. The van der Waals surface area contributed by atoms with E-state index < -0.39 is 0 Å². The summed E-state index contributed by atoms with van der Waals surface area (Å²) in [6.45, 7) is 4.73. The molecule has 2 heterocycles. The smallest absolute Gasteiger partial charge is 0.196 e. The predicted octanol–water partition coefficient (Wildman–Crippen LogP) is 5.13. The van der Waals surface area contributed by atoms with Crippen molar-refractivity contribution in [3.05, 3.63) is 78.1 Å². The van der Waals surface area contributed by atoms with Crippen LogP contribution in [0, 0.1) is 13.8 Å². The standard InChI is InChI=1S/C24H24N4O2S/c1-17-14-18(2)16-22(15-17)30-12-13-31-24-27-26-23(19-8-10-25-11-9-19)28(24)20-4-6-21(29-3)7-5-20/h4-11,14-16H,12-13H2,1-3H3. The van der Waals surface area contributed by atoms with Crippen molar-refractivity contribution in [3.63, 3.8) is 0 Å². The Bertz CT molecular complexity index is 1120. The topological polar surface area (TPSA) is 62.1 Å². The first-order valence-corrected chi connectivity index (χ1v) is 11.0. The third-order valence-electron chi connectivity index (χ3n) is 4.68. The fraction of sp³-hybridized carbons (Fsp3) is 0.208. The molecule has 6 nitrogen and oxygen atoms in total. The molecule has 4 aromatic rings. The predicted molar refractivity (Wildman–Crippen MR) is 123 cm³/mol. The van der Waals surface area contributed by atoms with Crippen LogP contribution in [0.15, 0.2) is 72.1 Å². The van der Waals surface area contributed by atoms with Gasteiger partial charge in [0.15, 0.2) is 11.0 Å². The van der Waals surface area contributed by atoms with Crippen LogP contribution >= 0.6 is 11.8 Å². The van der Waals surface area contributed by atoms with Crippen molar-refractivity contribution in [1.82, 2.24) is 19.7 Å². The van der Waals surface area contributed by atoms with E-state index in [2.05, 4.69) is 51.8 Å². The molecule has 2 aromatic carbocycles. The molecule has 158 valence electrons. The maximum Gasteiger partial charge on any atom is 0.196 e. The molecule has 0 N–H and O–H groups in total. The van der Waals surface area contributed by atoms with E-state index in [0.29, 0.717) is 6.61 Å². The van der Waals surface area contributed by atoms with Gasteiger partial charge in [0, 0.05) is 29.4 Å². The first-order chi connectivity index (χ1) is 15.1. The van der Waals surface area contributed by atoms with E-state index in [1.165, 1.54) is 11.1 Å². The lowest BCUT2D eigenvalue weighted by Crippen LogP contribution is -2.04. The molecule has 0 aliphatic heterocycles. The van der Waals surface area contributed by atoms with Gasteiger partial charge in [-0.3, -0.25) is 9.55 Å². The third-order valence-corrected chi connectivity index (χ3v) is 5.57. The van der Waals surface area contributed by atoms with Gasteiger partial charge in [0.1, 0.15) is 11.5 Å². The van der Waals surface area contributed by atoms with Crippen molar-refractivity contribution >= 4 is 11.8 Å². The van der Waals surface area contributed by atoms with E-state index in [-0.39, 0.29) is 0 Å². The Kier molecular flexibility index (Phi) is 6.52. The molecule has 0 radical (unpaired) electrons. The van der Waals surface area contributed by atoms with Crippen molar-refractivity contribution in [1.29, 1.82) is 0 Å². The summed E-state index contributed by atoms with van der Waals surface area (Å²) in [6, 6.07) is 18.0. The minimum absolute atomic E-state index is 0.577. The first kappa shape index (κ1) is 20.9. The van der Waals surface area contributed by atoms with Gasteiger partial charge >= 0.3 is 0 Å². The Morgan fingerprint density at radius 3 is 2.26 bits per heavy atom. The Morgan fingerprint density at radius 2 is 1.58 bits per heavy atom. The van der Waals surface area contributed by atoms with E-state index in [1.807, 2.05) is 36.4 Å². The van der Waals surface area contributed by atoms with Gasteiger partial charge in [0.05, 0.1) is 13.7 Å². The summed E-state index contributed by atoms with van der Waals surface area (Å²) >= 11 is 1.61. The molecule has 0 aliphatic carbocycles. The summed E-state index contributed by atoms with van der Waals surface area (Å²) in [6.07, 6.45) is 3.51. The normalized spacial score (nSPS) is 10.8. The van der Waals surface area contributed by atoms with Crippen LogP contribution in [0.5, 0.6) is 11.5 Å². The molecular formula is C24H24N4O2S. The van der Waals surface area contributed by atoms with Crippen LogP contribution < -0.4 is 9.47 Å². The number of benzene rings is 2. The number of thioether (sulfide) groups is 1. The number of hydrogen-bond donors (Lipinski definition) is 0. The Labute approximate surface area is 186 Å². The highest BCUT2D eigenvalue weighted by Gasteiger charge is 2.16. The number of methoxy groups -OCH3 is 1. The lowest BCUT2D eigenvalue weighted by Gasteiger charge is -2.12. The van der Waals surface area contributed by atoms with Crippen LogP contribution in [0.3, 0.4) is 0 Å². The molecule has 0 saturated heterocycles. The summed E-state index contributed by atoms with van der Waals surface area (Å²) in [5.74, 6) is 3.22. The molecule has 31 heavy (non-hydrogen) atoms. The zero-order valence-electron chi connectivity index (χ0n) is 17.8. The second-order valence-corrected chi connectivity index (χ2v) is 8.16. The molecule has 0 bridgehead atoms. The number of rotatable bonds is 8. The summed E-state index contributed by atoms with van der Waals surface area (Å²) in [7, 11) is 1.66. The summed E-state index contributed by atoms with van der Waals surface area (Å²) in [4.78, 5) is 4.11. The van der Waals surface area contributed by atoms with Gasteiger partial charge in [-0.2, -0.15) is 0 Å².